The van der Waals surface area contributed by atoms with Crippen LogP contribution in [0.25, 0.3) is 33.4 Å². The quantitative estimate of drug-likeness (QED) is 0.442. The SMILES string of the molecule is CCC[C@@H](N)C(=O)Nc1ccc2c(-c3ccncc3)c(-c3ccc(F)cc3)[nH]c2n1. The molecule has 0 aliphatic carbocycles. The molecule has 0 aliphatic heterocycles. The number of nitrogens with zero attached hydrogens (tertiary/aromatic N) is 2. The van der Waals surface area contributed by atoms with Gasteiger partial charge in [0, 0.05) is 23.3 Å². The highest BCUT2D eigenvalue weighted by Crippen LogP contribution is 2.38. The van der Waals surface area contributed by atoms with Gasteiger partial charge in [-0.1, -0.05) is 13.3 Å². The van der Waals surface area contributed by atoms with Gasteiger partial charge in [-0.15, -0.1) is 0 Å². The van der Waals surface area contributed by atoms with Crippen LogP contribution in [0.4, 0.5) is 10.2 Å². The highest BCUT2D eigenvalue weighted by Gasteiger charge is 2.18. The van der Waals surface area contributed by atoms with Crippen LogP contribution in [0, 0.1) is 5.82 Å². The van der Waals surface area contributed by atoms with Gasteiger partial charge in [0.05, 0.1) is 11.7 Å². The Balaban J connectivity index is 1.80. The van der Waals surface area contributed by atoms with Crippen molar-refractivity contribution >= 4 is 22.8 Å². The molecule has 4 N–H and O–H groups in total. The monoisotopic (exact) mass is 403 g/mol. The van der Waals surface area contributed by atoms with Crippen LogP contribution in [0.3, 0.4) is 0 Å². The van der Waals surface area contributed by atoms with Gasteiger partial charge in [-0.2, -0.15) is 0 Å². The third-order valence-corrected chi connectivity index (χ3v) is 4.95. The molecular weight excluding hydrogens is 381 g/mol. The van der Waals surface area contributed by atoms with E-state index in [9.17, 15) is 9.18 Å². The van der Waals surface area contributed by atoms with Crippen LogP contribution in [0.1, 0.15) is 19.8 Å². The number of rotatable bonds is 6. The summed E-state index contributed by atoms with van der Waals surface area (Å²) in [4.78, 5) is 24.3. The standard InChI is InChI=1S/C23H22FN5O/c1-2-3-18(25)23(30)28-19-9-8-17-20(14-10-12-26-13-11-14)21(29-22(17)27-19)15-4-6-16(24)7-5-15/h4-13,18H,2-3,25H2,1H3,(H2,27,28,29,30)/t18-/m1/s1. The molecule has 0 bridgehead atoms. The molecule has 30 heavy (non-hydrogen) atoms. The van der Waals surface area contributed by atoms with E-state index >= 15 is 0 Å². The molecule has 1 amide bonds. The summed E-state index contributed by atoms with van der Waals surface area (Å²) < 4.78 is 13.4. The summed E-state index contributed by atoms with van der Waals surface area (Å²) in [6.07, 6.45) is 4.88. The zero-order chi connectivity index (χ0) is 21.1. The number of aromatic nitrogens is 3. The number of carbonyl (C=O) groups excluding carboxylic acids is 1. The van der Waals surface area contributed by atoms with Crippen molar-refractivity contribution in [3.05, 3.63) is 66.7 Å². The number of halogens is 1. The number of hydrogen-bond donors (Lipinski definition) is 3. The van der Waals surface area contributed by atoms with Gasteiger partial charge in [0.25, 0.3) is 0 Å². The Morgan fingerprint density at radius 3 is 2.53 bits per heavy atom. The molecule has 0 saturated carbocycles. The van der Waals surface area contributed by atoms with Gasteiger partial charge in [-0.3, -0.25) is 9.78 Å². The second kappa shape index (κ2) is 8.42. The molecule has 152 valence electrons. The van der Waals surface area contributed by atoms with E-state index in [2.05, 4.69) is 20.3 Å². The molecule has 0 saturated heterocycles. The molecule has 0 fully saturated rings. The molecule has 3 heterocycles. The average Bonchev–Trinajstić information content (AvgIpc) is 3.13. The number of amides is 1. The Bertz CT molecular complexity index is 1170. The molecule has 4 aromatic rings. The van der Waals surface area contributed by atoms with Gasteiger partial charge in [-0.25, -0.2) is 9.37 Å². The normalized spacial score (nSPS) is 12.1. The summed E-state index contributed by atoms with van der Waals surface area (Å²) in [5.74, 6) is -0.137. The van der Waals surface area contributed by atoms with Crippen molar-refractivity contribution in [2.45, 2.75) is 25.8 Å². The topological polar surface area (TPSA) is 96.7 Å². The van der Waals surface area contributed by atoms with E-state index in [1.807, 2.05) is 25.1 Å². The van der Waals surface area contributed by atoms with Gasteiger partial charge >= 0.3 is 0 Å². The molecule has 3 aromatic heterocycles. The molecule has 7 heteroatoms. The molecule has 0 spiro atoms. The minimum atomic E-state index is -0.571. The third-order valence-electron chi connectivity index (χ3n) is 4.95. The molecule has 4 rings (SSSR count). The van der Waals surface area contributed by atoms with Crippen molar-refractivity contribution < 1.29 is 9.18 Å². The third kappa shape index (κ3) is 3.92. The van der Waals surface area contributed by atoms with Crippen molar-refractivity contribution in [2.24, 2.45) is 5.73 Å². The maximum atomic E-state index is 13.4. The fourth-order valence-corrected chi connectivity index (χ4v) is 3.45. The van der Waals surface area contributed by atoms with E-state index in [-0.39, 0.29) is 11.7 Å². The van der Waals surface area contributed by atoms with Crippen molar-refractivity contribution in [1.82, 2.24) is 15.0 Å². The molecule has 0 aliphatic rings. The van der Waals surface area contributed by atoms with Gasteiger partial charge in [-0.05, 0) is 66.1 Å². The Labute approximate surface area is 173 Å². The zero-order valence-electron chi connectivity index (χ0n) is 16.5. The van der Waals surface area contributed by atoms with Crippen molar-refractivity contribution in [3.8, 4) is 22.4 Å². The lowest BCUT2D eigenvalue weighted by molar-refractivity contribution is -0.117. The molecule has 1 atom stereocenters. The number of anilines is 1. The van der Waals surface area contributed by atoms with Crippen LogP contribution in [0.5, 0.6) is 0 Å². The lowest BCUT2D eigenvalue weighted by Gasteiger charge is -2.10. The van der Waals surface area contributed by atoms with Gasteiger partial charge < -0.3 is 16.0 Å². The van der Waals surface area contributed by atoms with Crippen LogP contribution in [-0.4, -0.2) is 26.9 Å². The summed E-state index contributed by atoms with van der Waals surface area (Å²) in [5, 5.41) is 3.67. The first-order chi connectivity index (χ1) is 14.6. The number of pyridine rings is 2. The number of H-pyrrole nitrogens is 1. The second-order valence-electron chi connectivity index (χ2n) is 7.09. The smallest absolute Gasteiger partial charge is 0.242 e. The van der Waals surface area contributed by atoms with Gasteiger partial charge in [0.2, 0.25) is 5.91 Å². The van der Waals surface area contributed by atoms with Crippen LogP contribution < -0.4 is 11.1 Å². The highest BCUT2D eigenvalue weighted by molar-refractivity contribution is 6.03. The number of nitrogens with two attached hydrogens (primary N) is 1. The first-order valence-electron chi connectivity index (χ1n) is 9.82. The number of aromatic amines is 1. The Morgan fingerprint density at radius 2 is 1.83 bits per heavy atom. The number of benzene rings is 1. The first-order valence-corrected chi connectivity index (χ1v) is 9.82. The van der Waals surface area contributed by atoms with E-state index in [1.165, 1.54) is 12.1 Å². The van der Waals surface area contributed by atoms with Gasteiger partial charge in [0.1, 0.15) is 17.3 Å². The zero-order valence-corrected chi connectivity index (χ0v) is 16.5. The number of fused-ring (bicyclic) bond motifs is 1. The Morgan fingerprint density at radius 1 is 1.10 bits per heavy atom. The fraction of sp³-hybridized carbons (Fsp3) is 0.174. The van der Waals surface area contributed by atoms with E-state index in [4.69, 9.17) is 5.73 Å². The lowest BCUT2D eigenvalue weighted by atomic mass is 10.00. The summed E-state index contributed by atoms with van der Waals surface area (Å²) >= 11 is 0. The number of hydrogen-bond acceptors (Lipinski definition) is 4. The largest absolute Gasteiger partial charge is 0.339 e. The Hall–Kier alpha value is -3.58. The summed E-state index contributed by atoms with van der Waals surface area (Å²) in [6, 6.07) is 13.2. The second-order valence-corrected chi connectivity index (χ2v) is 7.09. The van der Waals surface area contributed by atoms with Crippen LogP contribution in [0.15, 0.2) is 60.9 Å². The van der Waals surface area contributed by atoms with Crippen LogP contribution >= 0.6 is 0 Å². The van der Waals surface area contributed by atoms with Crippen LogP contribution in [0.2, 0.25) is 0 Å². The predicted octanol–water partition coefficient (Wildman–Crippen LogP) is 4.50. The lowest BCUT2D eigenvalue weighted by Crippen LogP contribution is -2.35. The molecule has 0 radical (unpaired) electrons. The van der Waals surface area contributed by atoms with Crippen LogP contribution in [-0.2, 0) is 4.79 Å². The summed E-state index contributed by atoms with van der Waals surface area (Å²) in [7, 11) is 0. The predicted molar refractivity (Wildman–Crippen MR) is 116 cm³/mol. The molecular formula is C23H22FN5O. The van der Waals surface area contributed by atoms with E-state index < -0.39 is 6.04 Å². The van der Waals surface area contributed by atoms with E-state index in [1.54, 1.807) is 30.6 Å². The minimum Gasteiger partial charge on any atom is -0.339 e. The van der Waals surface area contributed by atoms with Crippen molar-refractivity contribution in [2.75, 3.05) is 5.32 Å². The van der Waals surface area contributed by atoms with Crippen molar-refractivity contribution in [3.63, 3.8) is 0 Å². The van der Waals surface area contributed by atoms with E-state index in [0.717, 1.165) is 34.2 Å². The average molecular weight is 403 g/mol. The summed E-state index contributed by atoms with van der Waals surface area (Å²) in [6.45, 7) is 1.98. The Kier molecular flexibility index (Phi) is 5.54. The minimum absolute atomic E-state index is 0.261. The van der Waals surface area contributed by atoms with Gasteiger partial charge in [0.15, 0.2) is 0 Å². The van der Waals surface area contributed by atoms with E-state index in [0.29, 0.717) is 17.9 Å². The summed E-state index contributed by atoms with van der Waals surface area (Å²) in [5.41, 5.74) is 10.1. The number of nitrogens with one attached hydrogen (secondary N) is 2. The first kappa shape index (κ1) is 19.7. The fourth-order valence-electron chi connectivity index (χ4n) is 3.45. The highest BCUT2D eigenvalue weighted by atomic mass is 19.1. The maximum Gasteiger partial charge on any atom is 0.242 e. The maximum absolute atomic E-state index is 13.4. The molecule has 1 aromatic carbocycles. The molecule has 6 nitrogen and oxygen atoms in total. The number of carbonyl (C=O) groups is 1. The molecule has 0 unspecified atom stereocenters. The van der Waals surface area contributed by atoms with Crippen molar-refractivity contribution in [1.29, 1.82) is 0 Å².